The Morgan fingerprint density at radius 1 is 0.933 bits per heavy atom. The van der Waals surface area contributed by atoms with Crippen molar-refractivity contribution in [1.82, 2.24) is 19.7 Å². The van der Waals surface area contributed by atoms with Crippen molar-refractivity contribution in [3.63, 3.8) is 0 Å². The van der Waals surface area contributed by atoms with E-state index in [9.17, 15) is 0 Å². The summed E-state index contributed by atoms with van der Waals surface area (Å²) >= 11 is 1.72. The maximum atomic E-state index is 5.30. The molecular formula is C24H24N4OS. The SMILES string of the molecule is COc1ccc(-c2nnc(SC(C)c3ccncc3)n2CCc2ccccc2)cc1. The summed E-state index contributed by atoms with van der Waals surface area (Å²) in [4.78, 5) is 4.12. The average molecular weight is 417 g/mol. The fourth-order valence-corrected chi connectivity index (χ4v) is 4.28. The van der Waals surface area contributed by atoms with Crippen LogP contribution in [-0.4, -0.2) is 26.9 Å². The van der Waals surface area contributed by atoms with E-state index in [1.54, 1.807) is 18.9 Å². The van der Waals surface area contributed by atoms with Crippen molar-refractivity contribution in [1.29, 1.82) is 0 Å². The van der Waals surface area contributed by atoms with Crippen molar-refractivity contribution in [3.05, 3.63) is 90.3 Å². The summed E-state index contributed by atoms with van der Waals surface area (Å²) in [5.74, 6) is 1.70. The highest BCUT2D eigenvalue weighted by atomic mass is 32.2. The zero-order valence-electron chi connectivity index (χ0n) is 17.1. The lowest BCUT2D eigenvalue weighted by atomic mass is 10.1. The van der Waals surface area contributed by atoms with Crippen LogP contribution in [0.4, 0.5) is 0 Å². The Labute approximate surface area is 181 Å². The van der Waals surface area contributed by atoms with Gasteiger partial charge >= 0.3 is 0 Å². The number of thioether (sulfide) groups is 1. The van der Waals surface area contributed by atoms with Gasteiger partial charge in [0.15, 0.2) is 11.0 Å². The number of benzene rings is 2. The number of aryl methyl sites for hydroxylation is 1. The van der Waals surface area contributed by atoms with E-state index in [0.717, 1.165) is 35.3 Å². The predicted octanol–water partition coefficient (Wildman–Crippen LogP) is 5.44. The Hall–Kier alpha value is -3.12. The molecule has 0 fully saturated rings. The Morgan fingerprint density at radius 3 is 2.37 bits per heavy atom. The zero-order valence-corrected chi connectivity index (χ0v) is 17.9. The van der Waals surface area contributed by atoms with Gasteiger partial charge in [0.2, 0.25) is 0 Å². The van der Waals surface area contributed by atoms with Gasteiger partial charge in [-0.1, -0.05) is 42.1 Å². The molecule has 1 unspecified atom stereocenters. The van der Waals surface area contributed by atoms with Crippen LogP contribution in [0, 0.1) is 0 Å². The van der Waals surface area contributed by atoms with Gasteiger partial charge in [-0.2, -0.15) is 0 Å². The summed E-state index contributed by atoms with van der Waals surface area (Å²) in [5, 5.41) is 10.2. The van der Waals surface area contributed by atoms with Crippen LogP contribution in [0.3, 0.4) is 0 Å². The van der Waals surface area contributed by atoms with Crippen molar-refractivity contribution in [3.8, 4) is 17.1 Å². The average Bonchev–Trinajstić information content (AvgIpc) is 3.21. The smallest absolute Gasteiger partial charge is 0.192 e. The van der Waals surface area contributed by atoms with Gasteiger partial charge in [-0.15, -0.1) is 10.2 Å². The van der Waals surface area contributed by atoms with Crippen molar-refractivity contribution in [2.24, 2.45) is 0 Å². The van der Waals surface area contributed by atoms with E-state index in [1.807, 2.05) is 54.9 Å². The number of methoxy groups -OCH3 is 1. The molecule has 30 heavy (non-hydrogen) atoms. The van der Waals surface area contributed by atoms with Gasteiger partial charge in [0.1, 0.15) is 5.75 Å². The summed E-state index contributed by atoms with van der Waals surface area (Å²) in [6, 6.07) is 22.6. The van der Waals surface area contributed by atoms with E-state index < -0.39 is 0 Å². The molecule has 0 N–H and O–H groups in total. The molecule has 0 aliphatic rings. The van der Waals surface area contributed by atoms with E-state index in [2.05, 4.69) is 50.9 Å². The standard InChI is InChI=1S/C24H24N4OS/c1-18(20-12-15-25-16-13-20)30-24-27-26-23(21-8-10-22(29-2)11-9-21)28(24)17-14-19-6-4-3-5-7-19/h3-13,15-16,18H,14,17H2,1-2H3. The lowest BCUT2D eigenvalue weighted by Crippen LogP contribution is -2.06. The van der Waals surface area contributed by atoms with E-state index in [-0.39, 0.29) is 5.25 Å². The van der Waals surface area contributed by atoms with Crippen molar-refractivity contribution < 1.29 is 4.74 Å². The van der Waals surface area contributed by atoms with Gasteiger partial charge < -0.3 is 9.30 Å². The lowest BCUT2D eigenvalue weighted by Gasteiger charge is -2.14. The molecule has 1 atom stereocenters. The highest BCUT2D eigenvalue weighted by molar-refractivity contribution is 7.99. The lowest BCUT2D eigenvalue weighted by molar-refractivity contribution is 0.415. The van der Waals surface area contributed by atoms with Crippen LogP contribution in [0.5, 0.6) is 5.75 Å². The third-order valence-corrected chi connectivity index (χ3v) is 6.13. The molecule has 2 aromatic carbocycles. The molecule has 152 valence electrons. The van der Waals surface area contributed by atoms with E-state index >= 15 is 0 Å². The maximum Gasteiger partial charge on any atom is 0.192 e. The van der Waals surface area contributed by atoms with Crippen molar-refractivity contribution in [2.45, 2.75) is 30.3 Å². The molecule has 2 aromatic heterocycles. The molecule has 5 nitrogen and oxygen atoms in total. The molecule has 4 rings (SSSR count). The molecule has 0 saturated heterocycles. The van der Waals surface area contributed by atoms with Crippen LogP contribution in [0.15, 0.2) is 84.3 Å². The molecule has 0 saturated carbocycles. The Balaban J connectivity index is 1.63. The van der Waals surface area contributed by atoms with Gasteiger partial charge in [-0.25, -0.2) is 0 Å². The van der Waals surface area contributed by atoms with Crippen LogP contribution in [0.1, 0.15) is 23.3 Å². The van der Waals surface area contributed by atoms with Gasteiger partial charge in [0.25, 0.3) is 0 Å². The first-order valence-corrected chi connectivity index (χ1v) is 10.8. The predicted molar refractivity (Wildman–Crippen MR) is 121 cm³/mol. The van der Waals surface area contributed by atoms with Crippen LogP contribution in [-0.2, 0) is 13.0 Å². The first-order valence-electron chi connectivity index (χ1n) is 9.92. The minimum atomic E-state index is 0.247. The van der Waals surface area contributed by atoms with Crippen LogP contribution in [0.25, 0.3) is 11.4 Å². The second kappa shape index (κ2) is 9.59. The van der Waals surface area contributed by atoms with Gasteiger partial charge in [-0.05, 0) is 60.9 Å². The summed E-state index contributed by atoms with van der Waals surface area (Å²) in [6.45, 7) is 2.99. The molecule has 0 aliphatic carbocycles. The monoisotopic (exact) mass is 416 g/mol. The van der Waals surface area contributed by atoms with Crippen molar-refractivity contribution >= 4 is 11.8 Å². The minimum Gasteiger partial charge on any atom is -0.497 e. The topological polar surface area (TPSA) is 52.8 Å². The molecule has 4 aromatic rings. The third kappa shape index (κ3) is 4.71. The first kappa shape index (κ1) is 20.2. The van der Waals surface area contributed by atoms with E-state index in [0.29, 0.717) is 0 Å². The normalized spacial score (nSPS) is 11.9. The largest absolute Gasteiger partial charge is 0.497 e. The second-order valence-corrected chi connectivity index (χ2v) is 8.27. The molecule has 0 bridgehead atoms. The Kier molecular flexibility index (Phi) is 6.44. The number of pyridine rings is 1. The number of ether oxygens (including phenoxy) is 1. The number of hydrogen-bond donors (Lipinski definition) is 0. The second-order valence-electron chi connectivity index (χ2n) is 6.96. The number of hydrogen-bond acceptors (Lipinski definition) is 5. The van der Waals surface area contributed by atoms with Crippen molar-refractivity contribution in [2.75, 3.05) is 7.11 Å². The number of aromatic nitrogens is 4. The fourth-order valence-electron chi connectivity index (χ4n) is 3.28. The third-order valence-electron chi connectivity index (χ3n) is 4.99. The summed E-state index contributed by atoms with van der Waals surface area (Å²) < 4.78 is 7.51. The molecule has 0 radical (unpaired) electrons. The number of rotatable bonds is 8. The molecule has 2 heterocycles. The Bertz CT molecular complexity index is 1070. The quantitative estimate of drug-likeness (QED) is 0.358. The molecule has 0 aliphatic heterocycles. The van der Waals surface area contributed by atoms with E-state index in [1.165, 1.54) is 11.1 Å². The first-order chi connectivity index (χ1) is 14.7. The van der Waals surface area contributed by atoms with Gasteiger partial charge in [0, 0.05) is 29.8 Å². The van der Waals surface area contributed by atoms with Crippen LogP contribution < -0.4 is 4.74 Å². The minimum absolute atomic E-state index is 0.247. The maximum absolute atomic E-state index is 5.30. The molecule has 0 spiro atoms. The number of nitrogens with zero attached hydrogens (tertiary/aromatic N) is 4. The molecular weight excluding hydrogens is 392 g/mol. The van der Waals surface area contributed by atoms with Crippen LogP contribution in [0.2, 0.25) is 0 Å². The Morgan fingerprint density at radius 2 is 1.67 bits per heavy atom. The van der Waals surface area contributed by atoms with Gasteiger partial charge in [-0.3, -0.25) is 4.98 Å². The zero-order chi connectivity index (χ0) is 20.8. The summed E-state index contributed by atoms with van der Waals surface area (Å²) in [6.07, 6.45) is 4.57. The summed E-state index contributed by atoms with van der Waals surface area (Å²) in [5.41, 5.74) is 3.54. The van der Waals surface area contributed by atoms with Gasteiger partial charge in [0.05, 0.1) is 7.11 Å². The highest BCUT2D eigenvalue weighted by Crippen LogP contribution is 2.35. The van der Waals surface area contributed by atoms with Crippen LogP contribution >= 0.6 is 11.8 Å². The summed E-state index contributed by atoms with van der Waals surface area (Å²) in [7, 11) is 1.67. The molecule has 6 heteroatoms. The highest BCUT2D eigenvalue weighted by Gasteiger charge is 2.18. The molecule has 0 amide bonds. The van der Waals surface area contributed by atoms with E-state index in [4.69, 9.17) is 4.74 Å². The fraction of sp³-hybridized carbons (Fsp3) is 0.208.